The average molecular weight is 175 g/mol. The van der Waals surface area contributed by atoms with E-state index in [2.05, 4.69) is 6.92 Å². The van der Waals surface area contributed by atoms with Gasteiger partial charge in [0.05, 0.1) is 5.60 Å². The zero-order valence-corrected chi connectivity index (χ0v) is 8.12. The Hall–Kier alpha value is 0.270. The number of ether oxygens (including phenoxy) is 1. The quantitative estimate of drug-likeness (QED) is 0.701. The molecule has 0 amide bonds. The minimum absolute atomic E-state index is 0.0828. The van der Waals surface area contributed by atoms with Crippen LogP contribution in [0.1, 0.15) is 19.8 Å². The number of hydrogen-bond donors (Lipinski definition) is 1. The highest BCUT2D eigenvalue weighted by Gasteiger charge is 2.40. The molecule has 0 aromatic rings. The lowest BCUT2D eigenvalue weighted by Gasteiger charge is -2.30. The Morgan fingerprint density at radius 1 is 1.73 bits per heavy atom. The first-order valence-electron chi connectivity index (χ1n) is 4.12. The Kier molecular flexibility index (Phi) is 3.22. The summed E-state index contributed by atoms with van der Waals surface area (Å²) in [6, 6.07) is 0. The first-order valence-corrected chi connectivity index (χ1v) is 5.17. The lowest BCUT2D eigenvalue weighted by molar-refractivity contribution is -0.0102. The van der Waals surface area contributed by atoms with E-state index in [1.807, 2.05) is 11.8 Å². The van der Waals surface area contributed by atoms with Crippen molar-refractivity contribution in [1.82, 2.24) is 0 Å². The van der Waals surface area contributed by atoms with Gasteiger partial charge < -0.3 is 10.5 Å². The summed E-state index contributed by atoms with van der Waals surface area (Å²) in [4.78, 5) is 0. The fourth-order valence-corrected chi connectivity index (χ4v) is 3.16. The van der Waals surface area contributed by atoms with E-state index in [1.165, 1.54) is 5.75 Å². The molecule has 1 aliphatic heterocycles. The van der Waals surface area contributed by atoms with Crippen LogP contribution in [0.2, 0.25) is 0 Å². The molecule has 2 N–H and O–H groups in total. The summed E-state index contributed by atoms with van der Waals surface area (Å²) in [7, 11) is 1.80. The Bertz CT molecular complexity index is 131. The Balaban J connectivity index is 2.57. The first-order chi connectivity index (χ1) is 5.25. The molecule has 0 aromatic carbocycles. The Morgan fingerprint density at radius 2 is 2.45 bits per heavy atom. The summed E-state index contributed by atoms with van der Waals surface area (Å²) < 4.78 is 5.55. The van der Waals surface area contributed by atoms with Crippen molar-refractivity contribution in [2.75, 3.05) is 19.4 Å². The lowest BCUT2D eigenvalue weighted by Crippen LogP contribution is -2.39. The summed E-state index contributed by atoms with van der Waals surface area (Å²) in [6.45, 7) is 2.97. The van der Waals surface area contributed by atoms with Gasteiger partial charge in [0.2, 0.25) is 0 Å². The van der Waals surface area contributed by atoms with Gasteiger partial charge in [0.1, 0.15) is 0 Å². The normalized spacial score (nSPS) is 37.9. The SMILES string of the molecule is COC1(CCN)CCSC1C. The fraction of sp³-hybridized carbons (Fsp3) is 1.00. The van der Waals surface area contributed by atoms with Crippen LogP contribution in [0.5, 0.6) is 0 Å². The van der Waals surface area contributed by atoms with Crippen molar-refractivity contribution in [3.8, 4) is 0 Å². The van der Waals surface area contributed by atoms with Crippen LogP contribution >= 0.6 is 11.8 Å². The van der Waals surface area contributed by atoms with Gasteiger partial charge in [-0.25, -0.2) is 0 Å². The third-order valence-corrected chi connectivity index (χ3v) is 3.98. The molecule has 3 heteroatoms. The molecule has 0 spiro atoms. The molecule has 1 fully saturated rings. The summed E-state index contributed by atoms with van der Waals surface area (Å²) in [6.07, 6.45) is 2.16. The van der Waals surface area contributed by atoms with Crippen molar-refractivity contribution in [3.63, 3.8) is 0 Å². The van der Waals surface area contributed by atoms with E-state index in [0.29, 0.717) is 5.25 Å². The first kappa shape index (κ1) is 9.36. The highest BCUT2D eigenvalue weighted by atomic mass is 32.2. The van der Waals surface area contributed by atoms with Gasteiger partial charge in [0.25, 0.3) is 0 Å². The number of rotatable bonds is 3. The molecule has 2 atom stereocenters. The van der Waals surface area contributed by atoms with Crippen LogP contribution in [0.15, 0.2) is 0 Å². The molecule has 2 nitrogen and oxygen atoms in total. The molecular formula is C8H17NOS. The van der Waals surface area contributed by atoms with E-state index in [4.69, 9.17) is 10.5 Å². The van der Waals surface area contributed by atoms with Gasteiger partial charge in [0.15, 0.2) is 0 Å². The van der Waals surface area contributed by atoms with Gasteiger partial charge in [0, 0.05) is 12.4 Å². The van der Waals surface area contributed by atoms with Crippen molar-refractivity contribution in [2.24, 2.45) is 5.73 Å². The molecule has 0 aliphatic carbocycles. The van der Waals surface area contributed by atoms with E-state index in [0.717, 1.165) is 19.4 Å². The largest absolute Gasteiger partial charge is 0.377 e. The van der Waals surface area contributed by atoms with Gasteiger partial charge in [-0.15, -0.1) is 0 Å². The third kappa shape index (κ3) is 1.71. The van der Waals surface area contributed by atoms with Crippen molar-refractivity contribution in [2.45, 2.75) is 30.6 Å². The zero-order chi connectivity index (χ0) is 8.32. The second-order valence-electron chi connectivity index (χ2n) is 3.07. The molecule has 11 heavy (non-hydrogen) atoms. The number of nitrogens with two attached hydrogens (primary N) is 1. The molecule has 1 aliphatic rings. The highest BCUT2D eigenvalue weighted by molar-refractivity contribution is 8.00. The molecule has 0 saturated carbocycles. The maximum atomic E-state index is 5.55. The molecule has 2 unspecified atom stereocenters. The minimum Gasteiger partial charge on any atom is -0.377 e. The molecule has 1 saturated heterocycles. The second-order valence-corrected chi connectivity index (χ2v) is 4.52. The number of hydrogen-bond acceptors (Lipinski definition) is 3. The van der Waals surface area contributed by atoms with E-state index < -0.39 is 0 Å². The number of thioether (sulfide) groups is 1. The fourth-order valence-electron chi connectivity index (χ4n) is 1.71. The predicted molar refractivity (Wildman–Crippen MR) is 49.9 cm³/mol. The van der Waals surface area contributed by atoms with Gasteiger partial charge in [-0.1, -0.05) is 6.92 Å². The van der Waals surface area contributed by atoms with Crippen molar-refractivity contribution < 1.29 is 4.74 Å². The molecule has 1 heterocycles. The van der Waals surface area contributed by atoms with Crippen molar-refractivity contribution in [1.29, 1.82) is 0 Å². The predicted octanol–water partition coefficient (Wildman–Crippen LogP) is 1.25. The van der Waals surface area contributed by atoms with Crippen LogP contribution in [0, 0.1) is 0 Å². The average Bonchev–Trinajstić information content (AvgIpc) is 2.35. The standard InChI is InChI=1S/C8H17NOS/c1-7-8(10-2,3-5-9)4-6-11-7/h7H,3-6,9H2,1-2H3. The van der Waals surface area contributed by atoms with Gasteiger partial charge in [-0.05, 0) is 25.1 Å². The van der Waals surface area contributed by atoms with E-state index >= 15 is 0 Å². The monoisotopic (exact) mass is 175 g/mol. The van der Waals surface area contributed by atoms with Crippen LogP contribution in [0.3, 0.4) is 0 Å². The van der Waals surface area contributed by atoms with E-state index in [9.17, 15) is 0 Å². The maximum absolute atomic E-state index is 5.55. The Morgan fingerprint density at radius 3 is 2.82 bits per heavy atom. The molecule has 0 aromatic heterocycles. The molecule has 1 rings (SSSR count). The summed E-state index contributed by atoms with van der Waals surface area (Å²) >= 11 is 1.99. The lowest BCUT2D eigenvalue weighted by atomic mass is 9.93. The summed E-state index contributed by atoms with van der Waals surface area (Å²) in [5, 5.41) is 0.607. The third-order valence-electron chi connectivity index (χ3n) is 2.61. The maximum Gasteiger partial charge on any atom is 0.0813 e. The van der Waals surface area contributed by atoms with Crippen molar-refractivity contribution in [3.05, 3.63) is 0 Å². The Labute approximate surface area is 72.9 Å². The molecular weight excluding hydrogens is 158 g/mol. The minimum atomic E-state index is 0.0828. The van der Waals surface area contributed by atoms with Gasteiger partial charge >= 0.3 is 0 Å². The van der Waals surface area contributed by atoms with Gasteiger partial charge in [-0.2, -0.15) is 11.8 Å². The highest BCUT2D eigenvalue weighted by Crippen LogP contribution is 2.40. The molecule has 66 valence electrons. The summed E-state index contributed by atoms with van der Waals surface area (Å²) in [5.41, 5.74) is 5.62. The summed E-state index contributed by atoms with van der Waals surface area (Å²) in [5.74, 6) is 1.22. The van der Waals surface area contributed by atoms with Crippen LogP contribution in [0.4, 0.5) is 0 Å². The topological polar surface area (TPSA) is 35.2 Å². The molecule has 0 bridgehead atoms. The van der Waals surface area contributed by atoms with E-state index in [1.54, 1.807) is 7.11 Å². The van der Waals surface area contributed by atoms with Crippen molar-refractivity contribution >= 4 is 11.8 Å². The van der Waals surface area contributed by atoms with E-state index in [-0.39, 0.29) is 5.60 Å². The molecule has 0 radical (unpaired) electrons. The second kappa shape index (κ2) is 3.78. The smallest absolute Gasteiger partial charge is 0.0813 e. The zero-order valence-electron chi connectivity index (χ0n) is 7.30. The number of methoxy groups -OCH3 is 1. The van der Waals surface area contributed by atoms with Crippen LogP contribution < -0.4 is 5.73 Å². The van der Waals surface area contributed by atoms with Crippen LogP contribution in [-0.4, -0.2) is 30.3 Å². The van der Waals surface area contributed by atoms with Gasteiger partial charge in [-0.3, -0.25) is 0 Å². The van der Waals surface area contributed by atoms with Crippen LogP contribution in [-0.2, 0) is 4.74 Å². The van der Waals surface area contributed by atoms with Crippen LogP contribution in [0.25, 0.3) is 0 Å².